The van der Waals surface area contributed by atoms with Crippen LogP contribution in [0.15, 0.2) is 18.2 Å². The summed E-state index contributed by atoms with van der Waals surface area (Å²) in [7, 11) is 0. The Morgan fingerprint density at radius 2 is 2.00 bits per heavy atom. The monoisotopic (exact) mass is 326 g/mol. The van der Waals surface area contributed by atoms with Crippen LogP contribution < -0.4 is 5.32 Å². The van der Waals surface area contributed by atoms with E-state index < -0.39 is 23.2 Å². The van der Waals surface area contributed by atoms with Crippen molar-refractivity contribution in [2.45, 2.75) is 51.2 Å². The summed E-state index contributed by atoms with van der Waals surface area (Å²) in [4.78, 5) is 13.9. The van der Waals surface area contributed by atoms with Crippen molar-refractivity contribution in [1.29, 1.82) is 0 Å². The average Bonchev–Trinajstić information content (AvgIpc) is 3.22. The van der Waals surface area contributed by atoms with Gasteiger partial charge in [-0.2, -0.15) is 0 Å². The van der Waals surface area contributed by atoms with Gasteiger partial charge in [-0.3, -0.25) is 0 Å². The predicted molar refractivity (Wildman–Crippen MR) is 84.2 cm³/mol. The highest BCUT2D eigenvalue weighted by Gasteiger charge is 2.46. The molecule has 1 saturated carbocycles. The summed E-state index contributed by atoms with van der Waals surface area (Å²) in [6.07, 6.45) is 0.898. The van der Waals surface area contributed by atoms with Gasteiger partial charge in [0.15, 0.2) is 0 Å². The highest BCUT2D eigenvalue weighted by Crippen LogP contribution is 2.48. The smallest absolute Gasteiger partial charge is 0.317 e. The molecule has 0 heterocycles. The van der Waals surface area contributed by atoms with E-state index in [9.17, 15) is 18.7 Å². The Bertz CT molecular complexity index is 572. The van der Waals surface area contributed by atoms with Gasteiger partial charge < -0.3 is 15.3 Å². The van der Waals surface area contributed by atoms with E-state index in [1.165, 1.54) is 12.1 Å². The maximum absolute atomic E-state index is 14.0. The molecule has 1 aromatic rings. The van der Waals surface area contributed by atoms with Gasteiger partial charge in [-0.15, -0.1) is 0 Å². The molecule has 6 heteroatoms. The van der Waals surface area contributed by atoms with Crippen LogP contribution in [0.3, 0.4) is 0 Å². The number of urea groups is 1. The molecule has 0 aromatic heterocycles. The number of halogens is 2. The van der Waals surface area contributed by atoms with Crippen molar-refractivity contribution in [3.63, 3.8) is 0 Å². The molecule has 2 N–H and O–H groups in total. The third-order valence-electron chi connectivity index (χ3n) is 4.28. The molecule has 1 atom stereocenters. The second kappa shape index (κ2) is 6.83. The fourth-order valence-corrected chi connectivity index (χ4v) is 2.77. The number of hydrogen-bond donors (Lipinski definition) is 2. The first kappa shape index (κ1) is 17.7. The van der Waals surface area contributed by atoms with Crippen molar-refractivity contribution < 1.29 is 18.7 Å². The lowest BCUT2D eigenvalue weighted by atomic mass is 9.95. The highest BCUT2D eigenvalue weighted by molar-refractivity contribution is 5.74. The van der Waals surface area contributed by atoms with Crippen LogP contribution >= 0.6 is 0 Å². The minimum Gasteiger partial charge on any atom is -0.392 e. The first-order valence-electron chi connectivity index (χ1n) is 7.93. The molecule has 0 radical (unpaired) electrons. The first-order chi connectivity index (χ1) is 10.7. The third kappa shape index (κ3) is 4.19. The number of carbonyl (C=O) groups is 1. The second-order valence-electron chi connectivity index (χ2n) is 6.66. The van der Waals surface area contributed by atoms with Gasteiger partial charge in [-0.1, -0.05) is 6.07 Å². The van der Waals surface area contributed by atoms with Crippen LogP contribution in [0.25, 0.3) is 0 Å². The normalized spacial score (nSPS) is 17.0. The lowest BCUT2D eigenvalue weighted by Gasteiger charge is -2.29. The topological polar surface area (TPSA) is 52.6 Å². The number of nitrogens with one attached hydrogen (secondary N) is 1. The van der Waals surface area contributed by atoms with Gasteiger partial charge in [0.2, 0.25) is 0 Å². The average molecular weight is 326 g/mol. The molecule has 2 rings (SSSR count). The first-order valence-corrected chi connectivity index (χ1v) is 7.93. The number of rotatable bonds is 6. The van der Waals surface area contributed by atoms with E-state index in [1.54, 1.807) is 11.8 Å². The second-order valence-corrected chi connectivity index (χ2v) is 6.66. The maximum atomic E-state index is 14.0. The lowest BCUT2D eigenvalue weighted by molar-refractivity contribution is 0.118. The number of hydrogen-bond acceptors (Lipinski definition) is 2. The molecule has 1 fully saturated rings. The largest absolute Gasteiger partial charge is 0.392 e. The molecule has 1 aliphatic carbocycles. The van der Waals surface area contributed by atoms with E-state index in [0.29, 0.717) is 12.1 Å². The van der Waals surface area contributed by atoms with E-state index in [4.69, 9.17) is 0 Å². The van der Waals surface area contributed by atoms with Crippen LogP contribution in [0.2, 0.25) is 0 Å². The molecule has 0 saturated heterocycles. The fraction of sp³-hybridized carbons (Fsp3) is 0.588. The number of carbonyl (C=O) groups excluding carboxylic acids is 1. The van der Waals surface area contributed by atoms with Crippen LogP contribution in [-0.4, -0.2) is 41.3 Å². The molecule has 2 amide bonds. The molecule has 4 nitrogen and oxygen atoms in total. The van der Waals surface area contributed by atoms with Gasteiger partial charge in [0, 0.05) is 30.6 Å². The number of amides is 2. The molecule has 1 unspecified atom stereocenters. The van der Waals surface area contributed by atoms with Crippen molar-refractivity contribution in [2.75, 3.05) is 13.1 Å². The van der Waals surface area contributed by atoms with Crippen LogP contribution in [0.5, 0.6) is 0 Å². The standard InChI is InChI=1S/C17H24F2N2O2/c1-11(2)21(9-12(3)22)16(23)20-10-17(6-7-17)14-5-4-13(18)8-15(14)19/h4-5,8,11-12,22H,6-7,9-10H2,1-3H3,(H,20,23). The molecular formula is C17H24F2N2O2. The zero-order valence-electron chi connectivity index (χ0n) is 13.8. The number of benzene rings is 1. The number of aliphatic hydroxyl groups excluding tert-OH is 1. The Morgan fingerprint density at radius 3 is 2.48 bits per heavy atom. The van der Waals surface area contributed by atoms with Gasteiger partial charge in [0.25, 0.3) is 0 Å². The molecule has 23 heavy (non-hydrogen) atoms. The Labute approximate surface area is 135 Å². The summed E-state index contributed by atoms with van der Waals surface area (Å²) in [6.45, 7) is 5.90. The molecule has 1 aromatic carbocycles. The quantitative estimate of drug-likeness (QED) is 0.844. The molecule has 128 valence electrons. The van der Waals surface area contributed by atoms with Gasteiger partial charge in [0.1, 0.15) is 11.6 Å². The van der Waals surface area contributed by atoms with Crippen LogP contribution in [-0.2, 0) is 5.41 Å². The zero-order valence-corrected chi connectivity index (χ0v) is 13.8. The minimum absolute atomic E-state index is 0.0534. The van der Waals surface area contributed by atoms with Crippen LogP contribution in [0.1, 0.15) is 39.2 Å². The predicted octanol–water partition coefficient (Wildman–Crippen LogP) is 2.80. The summed E-state index contributed by atoms with van der Waals surface area (Å²) in [5.74, 6) is -1.17. The third-order valence-corrected chi connectivity index (χ3v) is 4.28. The van der Waals surface area contributed by atoms with E-state index in [2.05, 4.69) is 5.32 Å². The summed E-state index contributed by atoms with van der Waals surface area (Å²) in [6, 6.07) is 3.25. The fourth-order valence-electron chi connectivity index (χ4n) is 2.77. The lowest BCUT2D eigenvalue weighted by Crippen LogP contribution is -2.48. The molecule has 1 aliphatic rings. The van der Waals surface area contributed by atoms with E-state index in [1.807, 2.05) is 13.8 Å². The van der Waals surface area contributed by atoms with Crippen LogP contribution in [0.4, 0.5) is 13.6 Å². The Morgan fingerprint density at radius 1 is 1.35 bits per heavy atom. The molecule has 0 aliphatic heterocycles. The van der Waals surface area contributed by atoms with Crippen molar-refractivity contribution in [3.8, 4) is 0 Å². The minimum atomic E-state index is -0.618. The Hall–Kier alpha value is -1.69. The zero-order chi connectivity index (χ0) is 17.2. The maximum Gasteiger partial charge on any atom is 0.317 e. The SMILES string of the molecule is CC(O)CN(C(=O)NCC1(c2ccc(F)cc2F)CC1)C(C)C. The Balaban J connectivity index is 2.03. The van der Waals surface area contributed by atoms with Crippen molar-refractivity contribution >= 4 is 6.03 Å². The van der Waals surface area contributed by atoms with Crippen molar-refractivity contribution in [1.82, 2.24) is 10.2 Å². The summed E-state index contributed by atoms with van der Waals surface area (Å²) >= 11 is 0. The van der Waals surface area contributed by atoms with Crippen molar-refractivity contribution in [3.05, 3.63) is 35.4 Å². The van der Waals surface area contributed by atoms with E-state index in [0.717, 1.165) is 18.9 Å². The number of aliphatic hydroxyl groups is 1. The van der Waals surface area contributed by atoms with E-state index >= 15 is 0 Å². The molecular weight excluding hydrogens is 302 g/mol. The van der Waals surface area contributed by atoms with E-state index in [-0.39, 0.29) is 18.6 Å². The van der Waals surface area contributed by atoms with Gasteiger partial charge >= 0.3 is 6.03 Å². The van der Waals surface area contributed by atoms with Gasteiger partial charge in [-0.05, 0) is 45.2 Å². The van der Waals surface area contributed by atoms with Gasteiger partial charge in [-0.25, -0.2) is 13.6 Å². The summed E-state index contributed by atoms with van der Waals surface area (Å²) in [5, 5.41) is 12.3. The molecule has 0 bridgehead atoms. The van der Waals surface area contributed by atoms with Gasteiger partial charge in [0.05, 0.1) is 6.10 Å². The summed E-state index contributed by atoms with van der Waals surface area (Å²) < 4.78 is 27.0. The van der Waals surface area contributed by atoms with Crippen LogP contribution in [0, 0.1) is 11.6 Å². The summed E-state index contributed by atoms with van der Waals surface area (Å²) in [5.41, 5.74) is 0.00631. The molecule has 0 spiro atoms. The Kier molecular flexibility index (Phi) is 5.24. The van der Waals surface area contributed by atoms with Crippen molar-refractivity contribution in [2.24, 2.45) is 0 Å². The number of nitrogens with zero attached hydrogens (tertiary/aromatic N) is 1. The highest BCUT2D eigenvalue weighted by atomic mass is 19.1.